The number of aryl methyl sites for hydroxylation is 1. The first-order chi connectivity index (χ1) is 15.5. The lowest BCUT2D eigenvalue weighted by Crippen LogP contribution is -2.58. The van der Waals surface area contributed by atoms with Gasteiger partial charge in [0, 0.05) is 44.3 Å². The van der Waals surface area contributed by atoms with Gasteiger partial charge in [-0.05, 0) is 48.6 Å². The fourth-order valence-corrected chi connectivity index (χ4v) is 5.21. The molecule has 5 rings (SSSR count). The molecule has 0 N–H and O–H groups in total. The van der Waals surface area contributed by atoms with Crippen molar-refractivity contribution in [3.8, 4) is 0 Å². The van der Waals surface area contributed by atoms with E-state index in [4.69, 9.17) is 16.0 Å². The van der Waals surface area contributed by atoms with Gasteiger partial charge in [0.25, 0.3) is 0 Å². The molecule has 3 heterocycles. The average Bonchev–Trinajstić information content (AvgIpc) is 3.19. The van der Waals surface area contributed by atoms with Gasteiger partial charge in [0.1, 0.15) is 6.61 Å². The molecule has 166 valence electrons. The molecule has 0 amide bonds. The van der Waals surface area contributed by atoms with Gasteiger partial charge >= 0.3 is 5.97 Å². The zero-order valence-electron chi connectivity index (χ0n) is 18.8. The first-order valence-corrected chi connectivity index (χ1v) is 11.4. The summed E-state index contributed by atoms with van der Waals surface area (Å²) >= 11 is 0. The van der Waals surface area contributed by atoms with Gasteiger partial charge in [-0.3, -0.25) is 4.90 Å². The van der Waals surface area contributed by atoms with Gasteiger partial charge in [-0.1, -0.05) is 24.3 Å². The van der Waals surface area contributed by atoms with Gasteiger partial charge in [0.2, 0.25) is 0 Å². The Hall–Kier alpha value is -2.72. The van der Waals surface area contributed by atoms with Crippen molar-refractivity contribution in [3.63, 3.8) is 0 Å². The first kappa shape index (κ1) is 21.1. The van der Waals surface area contributed by atoms with E-state index in [1.165, 1.54) is 16.7 Å². The normalized spacial score (nSPS) is 23.3. The Labute approximate surface area is 189 Å². The van der Waals surface area contributed by atoms with Crippen LogP contribution in [0.1, 0.15) is 44.3 Å². The third-order valence-corrected chi connectivity index (χ3v) is 7.27. The van der Waals surface area contributed by atoms with Crippen LogP contribution in [0.5, 0.6) is 0 Å². The van der Waals surface area contributed by atoms with E-state index in [1.54, 1.807) is 0 Å². The summed E-state index contributed by atoms with van der Waals surface area (Å²) in [6.45, 7) is 17.5. The van der Waals surface area contributed by atoms with Gasteiger partial charge in [0.15, 0.2) is 5.69 Å². The maximum atomic E-state index is 11.8. The molecule has 3 aliphatic rings. The number of carbonyl (C=O) groups is 1. The molecule has 2 aromatic rings. The van der Waals surface area contributed by atoms with Crippen molar-refractivity contribution in [1.82, 2.24) is 9.80 Å². The topological polar surface area (TPSA) is 46.4 Å². The van der Waals surface area contributed by atoms with Crippen molar-refractivity contribution < 1.29 is 14.3 Å². The van der Waals surface area contributed by atoms with E-state index in [9.17, 15) is 4.79 Å². The van der Waals surface area contributed by atoms with E-state index in [0.29, 0.717) is 18.3 Å². The number of nitrogens with zero attached hydrogens (tertiary/aromatic N) is 3. The highest BCUT2D eigenvalue weighted by molar-refractivity contribution is 5.93. The number of benzene rings is 2. The molecule has 0 saturated carbocycles. The molecule has 0 aromatic heterocycles. The number of ether oxygens (including phenoxy) is 2. The van der Waals surface area contributed by atoms with E-state index in [2.05, 4.69) is 33.7 Å². The lowest BCUT2D eigenvalue weighted by Gasteiger charge is -2.46. The number of hydrogen-bond acceptors (Lipinski definition) is 5. The zero-order chi connectivity index (χ0) is 22.2. The fourth-order valence-electron chi connectivity index (χ4n) is 5.21. The van der Waals surface area contributed by atoms with Crippen molar-refractivity contribution in [1.29, 1.82) is 0 Å². The highest BCUT2D eigenvalue weighted by Crippen LogP contribution is 2.30. The van der Waals surface area contributed by atoms with E-state index in [-0.39, 0.29) is 12.1 Å². The molecule has 32 heavy (non-hydrogen) atoms. The number of piperazine rings is 1. The van der Waals surface area contributed by atoms with E-state index >= 15 is 0 Å². The summed E-state index contributed by atoms with van der Waals surface area (Å²) in [5.74, 6) is -0.195. The highest BCUT2D eigenvalue weighted by Gasteiger charge is 2.34. The number of carbonyl (C=O) groups excluding carboxylic acids is 1. The summed E-state index contributed by atoms with van der Waals surface area (Å²) in [5.41, 5.74) is 7.21. The molecule has 3 aliphatic heterocycles. The second-order valence-corrected chi connectivity index (χ2v) is 9.13. The van der Waals surface area contributed by atoms with Crippen molar-refractivity contribution in [2.75, 3.05) is 39.3 Å². The summed E-state index contributed by atoms with van der Waals surface area (Å²) in [4.78, 5) is 20.4. The lowest BCUT2D eigenvalue weighted by atomic mass is 9.96. The van der Waals surface area contributed by atoms with E-state index in [0.717, 1.165) is 62.4 Å². The quantitative estimate of drug-likeness (QED) is 0.544. The Balaban J connectivity index is 1.17. The van der Waals surface area contributed by atoms with E-state index < -0.39 is 0 Å². The summed E-state index contributed by atoms with van der Waals surface area (Å²) < 4.78 is 11.5. The number of hydrogen-bond donors (Lipinski definition) is 0. The second kappa shape index (κ2) is 8.67. The molecule has 6 nitrogen and oxygen atoms in total. The molecule has 2 aromatic carbocycles. The van der Waals surface area contributed by atoms with Gasteiger partial charge in [-0.2, -0.15) is 0 Å². The molecule has 0 spiro atoms. The third-order valence-electron chi connectivity index (χ3n) is 7.27. The maximum Gasteiger partial charge on any atom is 0.338 e. The minimum Gasteiger partial charge on any atom is -0.457 e. The van der Waals surface area contributed by atoms with Crippen LogP contribution in [0.25, 0.3) is 4.85 Å². The van der Waals surface area contributed by atoms with Crippen LogP contribution in [-0.4, -0.2) is 61.1 Å². The smallest absolute Gasteiger partial charge is 0.338 e. The Morgan fingerprint density at radius 1 is 1.16 bits per heavy atom. The Morgan fingerprint density at radius 3 is 2.84 bits per heavy atom. The number of cyclic esters (lactones) is 1. The summed E-state index contributed by atoms with van der Waals surface area (Å²) in [7, 11) is 0. The molecule has 0 aliphatic carbocycles. The highest BCUT2D eigenvalue weighted by atomic mass is 16.5. The maximum absolute atomic E-state index is 11.8. The zero-order valence-corrected chi connectivity index (χ0v) is 18.8. The molecule has 2 atom stereocenters. The second-order valence-electron chi connectivity index (χ2n) is 9.13. The molecule has 2 fully saturated rings. The van der Waals surface area contributed by atoms with Crippen LogP contribution in [0.15, 0.2) is 30.3 Å². The van der Waals surface area contributed by atoms with Gasteiger partial charge < -0.3 is 14.4 Å². The Kier molecular flexibility index (Phi) is 5.73. The fraction of sp³-hybridized carbons (Fsp3) is 0.462. The minimum absolute atomic E-state index is 0.0790. The van der Waals surface area contributed by atoms with Crippen LogP contribution < -0.4 is 0 Å². The summed E-state index contributed by atoms with van der Waals surface area (Å²) in [6.07, 6.45) is 1.06. The predicted molar refractivity (Wildman–Crippen MR) is 122 cm³/mol. The largest absolute Gasteiger partial charge is 0.457 e. The number of fused-ring (bicyclic) bond motifs is 2. The first-order valence-electron chi connectivity index (χ1n) is 11.4. The molecule has 6 heteroatoms. The molecular formula is C26H29N3O3. The molecule has 0 unspecified atom stereocenters. The van der Waals surface area contributed by atoms with Crippen molar-refractivity contribution in [3.05, 3.63) is 75.1 Å². The predicted octanol–water partition coefficient (Wildman–Crippen LogP) is 3.82. The summed E-state index contributed by atoms with van der Waals surface area (Å²) in [5, 5.41) is 0. The van der Waals surface area contributed by atoms with Gasteiger partial charge in [-0.25, -0.2) is 9.64 Å². The summed E-state index contributed by atoms with van der Waals surface area (Å²) in [6, 6.07) is 10.5. The van der Waals surface area contributed by atoms with Crippen molar-refractivity contribution in [2.24, 2.45) is 0 Å². The van der Waals surface area contributed by atoms with Crippen LogP contribution in [0.4, 0.5) is 5.69 Å². The van der Waals surface area contributed by atoms with Crippen molar-refractivity contribution in [2.45, 2.75) is 39.0 Å². The molecule has 2 saturated heterocycles. The number of rotatable bonds is 4. The monoisotopic (exact) mass is 431 g/mol. The molecule has 0 bridgehead atoms. The SMILES string of the molecule is [C-]#[N+]c1ccc([C@H]2CN3CCN(CCc4ccc5c(c4C)COC5=O)C[C@@H]3CO2)cc1C. The van der Waals surface area contributed by atoms with Crippen molar-refractivity contribution >= 4 is 11.7 Å². The lowest BCUT2D eigenvalue weighted by molar-refractivity contribution is -0.0901. The Morgan fingerprint density at radius 2 is 2.03 bits per heavy atom. The standard InChI is InChI=1S/C26H29N3O3/c1-17-12-20(5-7-24(17)27-3)25-14-29-11-10-28(13-21(29)15-31-25)9-8-19-4-6-22-23(18(19)2)16-32-26(22)30/h4-7,12,21,25H,8-11,13-16H2,1-2H3/t21-,25-/m1/s1. The van der Waals surface area contributed by atoms with Gasteiger partial charge in [-0.15, -0.1) is 0 Å². The van der Waals surface area contributed by atoms with Gasteiger partial charge in [0.05, 0.1) is 24.8 Å². The number of morpholine rings is 1. The molecule has 0 radical (unpaired) electrons. The average molecular weight is 432 g/mol. The van der Waals surface area contributed by atoms with Crippen LogP contribution in [0.2, 0.25) is 0 Å². The van der Waals surface area contributed by atoms with Crippen LogP contribution >= 0.6 is 0 Å². The van der Waals surface area contributed by atoms with E-state index in [1.807, 2.05) is 25.1 Å². The molecular weight excluding hydrogens is 402 g/mol. The minimum atomic E-state index is -0.195. The number of esters is 1. The Bertz CT molecular complexity index is 1090. The van der Waals surface area contributed by atoms with Crippen LogP contribution in [0, 0.1) is 20.4 Å². The van der Waals surface area contributed by atoms with Crippen LogP contribution in [-0.2, 0) is 22.5 Å². The third kappa shape index (κ3) is 3.93. The van der Waals surface area contributed by atoms with Crippen LogP contribution in [0.3, 0.4) is 0 Å².